The third-order valence-electron chi connectivity index (χ3n) is 10.7. The van der Waals surface area contributed by atoms with Gasteiger partial charge >= 0.3 is 6.09 Å². The summed E-state index contributed by atoms with van der Waals surface area (Å²) in [7, 11) is 0. The van der Waals surface area contributed by atoms with Crippen LogP contribution in [0.2, 0.25) is 10.0 Å². The monoisotopic (exact) mass is 709 g/mol. The van der Waals surface area contributed by atoms with E-state index in [4.69, 9.17) is 28.2 Å². The number of amides is 2. The van der Waals surface area contributed by atoms with Crippen molar-refractivity contribution >= 4 is 68.8 Å². The standard InChI is InChI=1S/C35H31Cl2F2N5O3S/c1-48-32-21-15-24(23-8-4-12-42(23)33(45)35(39)9-10-35)44(30-18-14-25(30)43(16-18)34(46)47)31(21)20-13-17(5-3-11-40)26(28(38)29(20)41-32)19-6-2-7-22(36)27(19)37/h2,6-7,13,15,18,23,25,30H,3-5,8-10,12,14,16H2,1H3,(H,46,47)/t18-,23-,25-,30+/m1/s1. The molecule has 5 heterocycles. The predicted octanol–water partition coefficient (Wildman–Crippen LogP) is 8.57. The number of hydrogen-bond acceptors (Lipinski definition) is 5. The van der Waals surface area contributed by atoms with Crippen molar-refractivity contribution < 1.29 is 23.5 Å². The van der Waals surface area contributed by atoms with Gasteiger partial charge in [-0.15, -0.1) is 11.8 Å². The van der Waals surface area contributed by atoms with E-state index in [1.165, 1.54) is 16.7 Å². The van der Waals surface area contributed by atoms with E-state index >= 15 is 8.78 Å². The van der Waals surface area contributed by atoms with E-state index in [0.717, 1.165) is 11.1 Å². The number of carbonyl (C=O) groups excluding carboxylic acids is 1. The van der Waals surface area contributed by atoms with Gasteiger partial charge in [-0.3, -0.25) is 4.79 Å². The van der Waals surface area contributed by atoms with Gasteiger partial charge in [0.1, 0.15) is 10.5 Å². The highest BCUT2D eigenvalue weighted by Crippen LogP contribution is 2.55. The summed E-state index contributed by atoms with van der Waals surface area (Å²) in [6, 6.07) is 10.1. The number of nitrogens with zero attached hydrogens (tertiary/aromatic N) is 5. The lowest BCUT2D eigenvalue weighted by Gasteiger charge is -2.40. The molecule has 248 valence electrons. The van der Waals surface area contributed by atoms with Crippen LogP contribution in [0, 0.1) is 23.1 Å². The first kappa shape index (κ1) is 31.7. The van der Waals surface area contributed by atoms with Crippen molar-refractivity contribution in [1.82, 2.24) is 19.4 Å². The third kappa shape index (κ3) is 4.62. The van der Waals surface area contributed by atoms with Crippen LogP contribution < -0.4 is 0 Å². The van der Waals surface area contributed by atoms with E-state index in [1.54, 1.807) is 23.1 Å². The maximum atomic E-state index is 17.1. The fourth-order valence-electron chi connectivity index (χ4n) is 8.33. The van der Waals surface area contributed by atoms with Gasteiger partial charge in [0.05, 0.1) is 39.8 Å². The van der Waals surface area contributed by atoms with Crippen molar-refractivity contribution in [3.63, 3.8) is 0 Å². The molecule has 2 aliphatic carbocycles. The minimum absolute atomic E-state index is 0.0235. The summed E-state index contributed by atoms with van der Waals surface area (Å²) < 4.78 is 34.5. The average Bonchev–Trinajstić information content (AvgIpc) is 3.51. The van der Waals surface area contributed by atoms with Gasteiger partial charge in [-0.1, -0.05) is 35.3 Å². The van der Waals surface area contributed by atoms with E-state index in [-0.39, 0.29) is 64.8 Å². The molecule has 48 heavy (non-hydrogen) atoms. The van der Waals surface area contributed by atoms with Crippen molar-refractivity contribution in [2.24, 2.45) is 5.92 Å². The number of hydrogen-bond donors (Lipinski definition) is 1. The summed E-state index contributed by atoms with van der Waals surface area (Å²) >= 11 is 14.4. The number of alkyl halides is 1. The lowest BCUT2D eigenvalue weighted by atomic mass is 9.79. The van der Waals surface area contributed by atoms with E-state index < -0.39 is 29.5 Å². The minimum atomic E-state index is -1.83. The van der Waals surface area contributed by atoms with Crippen molar-refractivity contribution in [2.45, 2.75) is 73.8 Å². The van der Waals surface area contributed by atoms with Gasteiger partial charge in [-0.05, 0) is 68.5 Å². The molecule has 5 fully saturated rings. The lowest BCUT2D eigenvalue weighted by molar-refractivity contribution is -0.139. The summed E-state index contributed by atoms with van der Waals surface area (Å²) in [5, 5.41) is 21.9. The van der Waals surface area contributed by atoms with Crippen molar-refractivity contribution in [2.75, 3.05) is 19.3 Å². The molecule has 3 aliphatic heterocycles. The molecule has 3 saturated heterocycles. The second kappa shape index (κ2) is 11.5. The van der Waals surface area contributed by atoms with Crippen LogP contribution >= 0.6 is 35.0 Å². The second-order valence-electron chi connectivity index (χ2n) is 13.3. The quantitative estimate of drug-likeness (QED) is 0.193. The number of nitriles is 1. The zero-order chi connectivity index (χ0) is 33.6. The summed E-state index contributed by atoms with van der Waals surface area (Å²) in [4.78, 5) is 33.7. The molecule has 2 saturated carbocycles. The molecular weight excluding hydrogens is 679 g/mol. The molecule has 13 heteroatoms. The Morgan fingerprint density at radius 1 is 1.21 bits per heavy atom. The number of pyridine rings is 1. The number of halogens is 4. The zero-order valence-corrected chi connectivity index (χ0v) is 28.3. The van der Waals surface area contributed by atoms with Crippen molar-refractivity contribution in [3.8, 4) is 17.2 Å². The first-order chi connectivity index (χ1) is 23.1. The largest absolute Gasteiger partial charge is 0.465 e. The maximum Gasteiger partial charge on any atom is 0.407 e. The molecule has 0 radical (unpaired) electrons. The van der Waals surface area contributed by atoms with Gasteiger partial charge in [0.2, 0.25) is 0 Å². The Morgan fingerprint density at radius 2 is 2.00 bits per heavy atom. The van der Waals surface area contributed by atoms with E-state index in [1.807, 2.05) is 18.4 Å². The molecule has 2 aromatic heterocycles. The lowest BCUT2D eigenvalue weighted by Crippen LogP contribution is -2.44. The van der Waals surface area contributed by atoms with Crippen LogP contribution in [-0.2, 0) is 11.2 Å². The van der Waals surface area contributed by atoms with E-state index in [0.29, 0.717) is 59.4 Å². The molecule has 2 amide bonds. The summed E-state index contributed by atoms with van der Waals surface area (Å²) in [6.45, 7) is 0.808. The number of carboxylic acid groups (broad SMARTS) is 1. The molecule has 5 aliphatic rings. The summed E-state index contributed by atoms with van der Waals surface area (Å²) in [5.74, 6) is -1.06. The number of likely N-dealkylation sites (tertiary alicyclic amines) is 1. The Kier molecular flexibility index (Phi) is 7.58. The molecule has 8 nitrogen and oxygen atoms in total. The zero-order valence-electron chi connectivity index (χ0n) is 26.0. The number of thioether (sulfide) groups is 1. The fraction of sp³-hybridized carbons (Fsp3) is 0.429. The average molecular weight is 711 g/mol. The molecule has 2 bridgehead atoms. The van der Waals surface area contributed by atoms with E-state index in [2.05, 4.69) is 10.6 Å². The maximum absolute atomic E-state index is 17.1. The smallest absolute Gasteiger partial charge is 0.407 e. The van der Waals surface area contributed by atoms with Gasteiger partial charge in [-0.2, -0.15) is 5.26 Å². The summed E-state index contributed by atoms with van der Waals surface area (Å²) in [6.07, 6.45) is 3.72. The number of fused-ring (bicyclic) bond motifs is 4. The molecule has 4 atom stereocenters. The Bertz CT molecular complexity index is 2100. The highest BCUT2D eigenvalue weighted by Gasteiger charge is 2.57. The van der Waals surface area contributed by atoms with Crippen LogP contribution in [0.25, 0.3) is 32.9 Å². The minimum Gasteiger partial charge on any atom is -0.465 e. The number of aromatic nitrogens is 2. The van der Waals surface area contributed by atoms with Crippen LogP contribution in [0.4, 0.5) is 13.6 Å². The molecule has 2 aromatic carbocycles. The van der Waals surface area contributed by atoms with Gasteiger partial charge in [-0.25, -0.2) is 18.6 Å². The Hall–Kier alpha value is -3.59. The van der Waals surface area contributed by atoms with E-state index in [9.17, 15) is 20.0 Å². The topological polar surface area (TPSA) is 102 Å². The van der Waals surface area contributed by atoms with Gasteiger partial charge in [0.25, 0.3) is 5.91 Å². The second-order valence-corrected chi connectivity index (χ2v) is 14.9. The van der Waals surface area contributed by atoms with Crippen molar-refractivity contribution in [1.29, 1.82) is 5.26 Å². The number of aryl methyl sites for hydroxylation is 1. The fourth-order valence-corrected chi connectivity index (χ4v) is 9.28. The van der Waals surface area contributed by atoms with Gasteiger partial charge in [0.15, 0.2) is 11.5 Å². The first-order valence-corrected chi connectivity index (χ1v) is 18.1. The molecule has 4 aromatic rings. The van der Waals surface area contributed by atoms with Crippen LogP contribution in [-0.4, -0.2) is 67.5 Å². The van der Waals surface area contributed by atoms with Gasteiger partial charge in [0, 0.05) is 53.0 Å². The molecule has 0 spiro atoms. The highest BCUT2D eigenvalue weighted by atomic mass is 35.5. The van der Waals surface area contributed by atoms with Crippen LogP contribution in [0.5, 0.6) is 0 Å². The molecule has 0 unspecified atom stereocenters. The summed E-state index contributed by atoms with van der Waals surface area (Å²) in [5.41, 5.74) is 0.971. The number of carbonyl (C=O) groups is 2. The molecule has 1 N–H and O–H groups in total. The van der Waals surface area contributed by atoms with Crippen LogP contribution in [0.15, 0.2) is 35.4 Å². The Morgan fingerprint density at radius 3 is 2.69 bits per heavy atom. The Balaban J connectivity index is 1.43. The third-order valence-corrected chi connectivity index (χ3v) is 12.2. The highest BCUT2D eigenvalue weighted by molar-refractivity contribution is 7.98. The molecular formula is C35H31Cl2F2N5O3S. The number of benzene rings is 2. The Labute approximate surface area is 289 Å². The predicted molar refractivity (Wildman–Crippen MR) is 181 cm³/mol. The van der Waals surface area contributed by atoms with Gasteiger partial charge < -0.3 is 19.5 Å². The SMILES string of the molecule is CSc1nc2c(F)c(-c3cccc(Cl)c3Cl)c(CCC#N)cc2c2c1cc([C@H]1CCCN1C(=O)C1(F)CC1)n2[C@H]1[C@@H]2C[C@H]1N(C(=O)O)C2. The molecule has 9 rings (SSSR count). The van der Waals surface area contributed by atoms with Crippen LogP contribution in [0.3, 0.4) is 0 Å². The van der Waals surface area contributed by atoms with Crippen molar-refractivity contribution in [3.05, 3.63) is 57.5 Å². The number of rotatable bonds is 7. The van der Waals surface area contributed by atoms with Crippen LogP contribution in [0.1, 0.15) is 61.9 Å². The normalized spacial score (nSPS) is 23.9. The first-order valence-electron chi connectivity index (χ1n) is 16.1.